The van der Waals surface area contributed by atoms with Crippen LogP contribution in [0, 0.1) is 5.82 Å². The number of hydrogen-bond acceptors (Lipinski definition) is 5. The van der Waals surface area contributed by atoms with Gasteiger partial charge in [-0.25, -0.2) is 9.37 Å². The minimum atomic E-state index is -0.246. The second-order valence-corrected chi connectivity index (χ2v) is 5.51. The van der Waals surface area contributed by atoms with Gasteiger partial charge in [0, 0.05) is 24.0 Å². The lowest BCUT2D eigenvalue weighted by molar-refractivity contribution is 0.627. The number of halogens is 1. The smallest absolute Gasteiger partial charge is 0.148 e. The average molecular weight is 323 g/mol. The van der Waals surface area contributed by atoms with Crippen molar-refractivity contribution in [2.24, 2.45) is 10.7 Å². The van der Waals surface area contributed by atoms with Crippen molar-refractivity contribution in [3.63, 3.8) is 0 Å². The average Bonchev–Trinajstić information content (AvgIpc) is 2.98. The van der Waals surface area contributed by atoms with Gasteiger partial charge in [0.2, 0.25) is 0 Å². The summed E-state index contributed by atoms with van der Waals surface area (Å²) in [7, 11) is 0. The zero-order valence-electron chi connectivity index (χ0n) is 13.2. The Morgan fingerprint density at radius 3 is 2.79 bits per heavy atom. The van der Waals surface area contributed by atoms with Crippen LogP contribution in [0.5, 0.6) is 0 Å². The van der Waals surface area contributed by atoms with Gasteiger partial charge in [-0.2, -0.15) is 0 Å². The molecule has 0 fully saturated rings. The molecule has 0 radical (unpaired) electrons. The van der Waals surface area contributed by atoms with Crippen LogP contribution >= 0.6 is 0 Å². The Morgan fingerprint density at radius 2 is 2.04 bits per heavy atom. The molecule has 24 heavy (non-hydrogen) atoms. The monoisotopic (exact) mass is 323 g/mol. The molecule has 1 aliphatic rings. The van der Waals surface area contributed by atoms with Crippen molar-refractivity contribution in [3.05, 3.63) is 71.6 Å². The van der Waals surface area contributed by atoms with Gasteiger partial charge in [0.25, 0.3) is 0 Å². The van der Waals surface area contributed by atoms with E-state index >= 15 is 0 Å². The molecule has 0 bridgehead atoms. The van der Waals surface area contributed by atoms with Gasteiger partial charge in [0.1, 0.15) is 11.6 Å². The normalized spacial score (nSPS) is 14.6. The molecule has 2 N–H and O–H groups in total. The van der Waals surface area contributed by atoms with Gasteiger partial charge < -0.3 is 10.6 Å². The fourth-order valence-corrected chi connectivity index (χ4v) is 2.43. The molecule has 0 aliphatic carbocycles. The summed E-state index contributed by atoms with van der Waals surface area (Å²) in [4.78, 5) is 15.1. The first-order valence-electron chi connectivity index (χ1n) is 7.57. The maximum atomic E-state index is 12.9. The standard InChI is InChI=1S/C18H18FN5/c1-2-16-9-22-10-18(23-16)24-11-14(17(20)12-24)8-21-7-13-3-5-15(19)6-4-13/h2-6,8-10H,1,7,11-12,20H2. The summed E-state index contributed by atoms with van der Waals surface area (Å²) < 4.78 is 12.9. The Bertz CT molecular complexity index is 795. The highest BCUT2D eigenvalue weighted by Gasteiger charge is 2.20. The maximum Gasteiger partial charge on any atom is 0.148 e. The maximum absolute atomic E-state index is 12.9. The quantitative estimate of drug-likeness (QED) is 0.859. The molecule has 122 valence electrons. The molecule has 1 aromatic heterocycles. The predicted molar refractivity (Wildman–Crippen MR) is 94.1 cm³/mol. The lowest BCUT2D eigenvalue weighted by atomic mass is 10.2. The highest BCUT2D eigenvalue weighted by Crippen LogP contribution is 2.19. The second kappa shape index (κ2) is 7.04. The summed E-state index contributed by atoms with van der Waals surface area (Å²) in [6.07, 6.45) is 6.81. The van der Waals surface area contributed by atoms with E-state index in [2.05, 4.69) is 21.5 Å². The van der Waals surface area contributed by atoms with Crippen molar-refractivity contribution in [1.29, 1.82) is 0 Å². The third-order valence-electron chi connectivity index (χ3n) is 3.74. The zero-order valence-corrected chi connectivity index (χ0v) is 13.2. The molecular formula is C18H18FN5. The number of hydrogen-bond donors (Lipinski definition) is 1. The van der Waals surface area contributed by atoms with Crippen LogP contribution in [0.25, 0.3) is 6.08 Å². The van der Waals surface area contributed by atoms with E-state index in [1.807, 2.05) is 4.90 Å². The SMILES string of the molecule is C=Cc1cncc(N2CC(N)=C(C=NCc3ccc(F)cc3)C2)n1. The van der Waals surface area contributed by atoms with Crippen LogP contribution in [-0.2, 0) is 6.54 Å². The summed E-state index contributed by atoms with van der Waals surface area (Å²) in [5, 5.41) is 0. The van der Waals surface area contributed by atoms with Gasteiger partial charge in [-0.05, 0) is 23.8 Å². The number of nitrogens with two attached hydrogens (primary N) is 1. The van der Waals surface area contributed by atoms with Crippen molar-refractivity contribution >= 4 is 18.1 Å². The Hall–Kier alpha value is -3.02. The van der Waals surface area contributed by atoms with E-state index in [-0.39, 0.29) is 5.82 Å². The predicted octanol–water partition coefficient (Wildman–Crippen LogP) is 2.56. The number of benzene rings is 1. The molecule has 3 rings (SSSR count). The summed E-state index contributed by atoms with van der Waals surface area (Å²) in [5.74, 6) is 0.515. The van der Waals surface area contributed by atoms with Crippen LogP contribution in [-0.4, -0.2) is 29.3 Å². The van der Waals surface area contributed by atoms with Gasteiger partial charge in [0.05, 0.1) is 31.2 Å². The largest absolute Gasteiger partial charge is 0.400 e. The molecule has 0 atom stereocenters. The Kier molecular flexibility index (Phi) is 4.65. The number of nitrogens with zero attached hydrogens (tertiary/aromatic N) is 4. The fourth-order valence-electron chi connectivity index (χ4n) is 2.43. The number of aliphatic imine (C=N–C) groups is 1. The minimum Gasteiger partial charge on any atom is -0.400 e. The van der Waals surface area contributed by atoms with Crippen molar-refractivity contribution in [2.75, 3.05) is 18.0 Å². The van der Waals surface area contributed by atoms with Crippen molar-refractivity contribution in [2.45, 2.75) is 6.54 Å². The second-order valence-electron chi connectivity index (χ2n) is 5.51. The van der Waals surface area contributed by atoms with E-state index in [1.165, 1.54) is 12.1 Å². The molecule has 5 nitrogen and oxygen atoms in total. The Balaban J connectivity index is 1.64. The highest BCUT2D eigenvalue weighted by atomic mass is 19.1. The van der Waals surface area contributed by atoms with Gasteiger partial charge in [-0.15, -0.1) is 0 Å². The van der Waals surface area contributed by atoms with Gasteiger partial charge >= 0.3 is 0 Å². The lowest BCUT2D eigenvalue weighted by Crippen LogP contribution is -2.23. The van der Waals surface area contributed by atoms with E-state index in [1.54, 1.807) is 36.8 Å². The lowest BCUT2D eigenvalue weighted by Gasteiger charge is -2.16. The van der Waals surface area contributed by atoms with Crippen LogP contribution in [0.4, 0.5) is 10.2 Å². The molecule has 2 heterocycles. The Morgan fingerprint density at radius 1 is 1.25 bits per heavy atom. The van der Waals surface area contributed by atoms with Crippen LogP contribution in [0.3, 0.4) is 0 Å². The van der Waals surface area contributed by atoms with Gasteiger partial charge in [-0.1, -0.05) is 18.7 Å². The molecule has 0 unspecified atom stereocenters. The molecule has 1 aliphatic heterocycles. The number of aromatic nitrogens is 2. The van der Waals surface area contributed by atoms with Crippen LogP contribution < -0.4 is 10.6 Å². The first-order chi connectivity index (χ1) is 11.7. The molecule has 6 heteroatoms. The first-order valence-corrected chi connectivity index (χ1v) is 7.57. The molecule has 0 saturated heterocycles. The van der Waals surface area contributed by atoms with E-state index in [0.717, 1.165) is 28.3 Å². The molecule has 1 aromatic carbocycles. The van der Waals surface area contributed by atoms with Gasteiger partial charge in [0.15, 0.2) is 0 Å². The molecule has 2 aromatic rings. The van der Waals surface area contributed by atoms with Crippen molar-refractivity contribution in [1.82, 2.24) is 9.97 Å². The third-order valence-corrected chi connectivity index (χ3v) is 3.74. The van der Waals surface area contributed by atoms with E-state index in [0.29, 0.717) is 19.6 Å². The van der Waals surface area contributed by atoms with Crippen LogP contribution in [0.15, 0.2) is 59.5 Å². The molecule has 0 spiro atoms. The number of rotatable bonds is 5. The van der Waals surface area contributed by atoms with E-state index in [9.17, 15) is 4.39 Å². The molecule has 0 amide bonds. The van der Waals surface area contributed by atoms with E-state index < -0.39 is 0 Å². The third kappa shape index (κ3) is 3.65. The summed E-state index contributed by atoms with van der Waals surface area (Å²) >= 11 is 0. The summed E-state index contributed by atoms with van der Waals surface area (Å²) in [6.45, 7) is 5.41. The van der Waals surface area contributed by atoms with Crippen molar-refractivity contribution in [3.8, 4) is 0 Å². The zero-order chi connectivity index (χ0) is 16.9. The molecular weight excluding hydrogens is 305 g/mol. The number of anilines is 1. The first kappa shape index (κ1) is 15.9. The van der Waals surface area contributed by atoms with Gasteiger partial charge in [-0.3, -0.25) is 9.98 Å². The van der Waals surface area contributed by atoms with E-state index in [4.69, 9.17) is 5.73 Å². The topological polar surface area (TPSA) is 67.4 Å². The van der Waals surface area contributed by atoms with Crippen LogP contribution in [0.1, 0.15) is 11.3 Å². The Labute approximate surface area is 140 Å². The summed E-state index contributed by atoms with van der Waals surface area (Å²) in [6, 6.07) is 6.31. The minimum absolute atomic E-state index is 0.246. The van der Waals surface area contributed by atoms with Crippen molar-refractivity contribution < 1.29 is 4.39 Å². The summed E-state index contributed by atoms with van der Waals surface area (Å²) in [5.41, 5.74) is 9.51. The highest BCUT2D eigenvalue weighted by molar-refractivity contribution is 5.82. The van der Waals surface area contributed by atoms with Crippen LogP contribution in [0.2, 0.25) is 0 Å². The molecule has 0 saturated carbocycles. The fraction of sp³-hybridized carbons (Fsp3) is 0.167.